The summed E-state index contributed by atoms with van der Waals surface area (Å²) in [6.07, 6.45) is 2.74. The van der Waals surface area contributed by atoms with Crippen LogP contribution in [0.1, 0.15) is 22.3 Å². The minimum atomic E-state index is -0.560. The van der Waals surface area contributed by atoms with E-state index in [-0.39, 0.29) is 28.1 Å². The van der Waals surface area contributed by atoms with Crippen molar-refractivity contribution in [2.24, 2.45) is 0 Å². The number of nitro benzene ring substituents is 1. The number of aromatic hydroxyl groups is 1. The monoisotopic (exact) mass is 450 g/mol. The zero-order valence-corrected chi connectivity index (χ0v) is 17.7. The van der Waals surface area contributed by atoms with E-state index in [9.17, 15) is 20.0 Å². The van der Waals surface area contributed by atoms with Crippen LogP contribution in [0.15, 0.2) is 72.8 Å². The smallest absolute Gasteiger partial charge is 0.313 e. The molecule has 3 aromatic carbocycles. The molecule has 0 bridgehead atoms. The number of benzene rings is 3. The Bertz CT molecular complexity index is 1190. The van der Waals surface area contributed by atoms with Gasteiger partial charge in [-0.3, -0.25) is 14.9 Å². The predicted octanol–water partition coefficient (Wildman–Crippen LogP) is 5.68. The molecule has 32 heavy (non-hydrogen) atoms. The summed E-state index contributed by atoms with van der Waals surface area (Å²) >= 11 is 5.83. The minimum Gasteiger partial charge on any atom is -0.508 e. The van der Waals surface area contributed by atoms with Crippen molar-refractivity contribution in [2.75, 3.05) is 13.1 Å². The maximum Gasteiger partial charge on any atom is 0.313 e. The van der Waals surface area contributed by atoms with E-state index in [4.69, 9.17) is 16.3 Å². The normalized spacial score (nSPS) is 13.4. The van der Waals surface area contributed by atoms with Gasteiger partial charge in [-0.25, -0.2) is 0 Å². The minimum absolute atomic E-state index is 0.0707. The molecule has 0 saturated carbocycles. The first-order valence-corrected chi connectivity index (χ1v) is 10.3. The van der Waals surface area contributed by atoms with Gasteiger partial charge in [0.15, 0.2) is 0 Å². The molecule has 162 valence electrons. The molecule has 1 aliphatic heterocycles. The Morgan fingerprint density at radius 2 is 1.78 bits per heavy atom. The van der Waals surface area contributed by atoms with Crippen LogP contribution >= 0.6 is 11.6 Å². The molecule has 0 saturated heterocycles. The second-order valence-electron chi connectivity index (χ2n) is 7.27. The van der Waals surface area contributed by atoms with Crippen LogP contribution in [-0.4, -0.2) is 33.9 Å². The lowest BCUT2D eigenvalue weighted by Crippen LogP contribution is -2.34. The van der Waals surface area contributed by atoms with Crippen molar-refractivity contribution in [2.45, 2.75) is 6.42 Å². The van der Waals surface area contributed by atoms with Gasteiger partial charge in [-0.2, -0.15) is 0 Å². The summed E-state index contributed by atoms with van der Waals surface area (Å²) in [5, 5.41) is 20.9. The van der Waals surface area contributed by atoms with E-state index in [0.29, 0.717) is 24.4 Å². The van der Waals surface area contributed by atoms with E-state index in [0.717, 1.165) is 17.6 Å². The summed E-state index contributed by atoms with van der Waals surface area (Å²) < 4.78 is 5.62. The third-order valence-corrected chi connectivity index (χ3v) is 5.42. The highest BCUT2D eigenvalue weighted by Gasteiger charge is 2.20. The highest BCUT2D eigenvalue weighted by atomic mass is 35.5. The van der Waals surface area contributed by atoms with Gasteiger partial charge in [0.2, 0.25) is 5.75 Å². The third kappa shape index (κ3) is 4.73. The Morgan fingerprint density at radius 1 is 1.06 bits per heavy atom. The van der Waals surface area contributed by atoms with E-state index in [2.05, 4.69) is 0 Å². The average molecular weight is 451 g/mol. The number of halogens is 1. The van der Waals surface area contributed by atoms with Gasteiger partial charge in [-0.1, -0.05) is 29.8 Å². The highest BCUT2D eigenvalue weighted by Crippen LogP contribution is 2.33. The Hall–Kier alpha value is -3.84. The van der Waals surface area contributed by atoms with E-state index in [1.807, 2.05) is 18.2 Å². The molecule has 0 unspecified atom stereocenters. The van der Waals surface area contributed by atoms with Crippen molar-refractivity contribution in [3.63, 3.8) is 0 Å². The molecule has 1 aliphatic rings. The Kier molecular flexibility index (Phi) is 6.09. The molecular formula is C24H19ClN2O5. The number of rotatable bonds is 5. The molecule has 0 aliphatic carbocycles. The number of amides is 1. The molecule has 0 aromatic heterocycles. The van der Waals surface area contributed by atoms with Crippen molar-refractivity contribution in [3.8, 4) is 17.2 Å². The van der Waals surface area contributed by atoms with Crippen LogP contribution in [0.3, 0.4) is 0 Å². The van der Waals surface area contributed by atoms with Crippen molar-refractivity contribution in [1.29, 1.82) is 0 Å². The quantitative estimate of drug-likeness (QED) is 0.399. The number of phenolic OH excluding ortho intramolecular Hbond substituents is 1. The van der Waals surface area contributed by atoms with Crippen LogP contribution in [0.2, 0.25) is 5.02 Å². The molecule has 1 N–H and O–H groups in total. The van der Waals surface area contributed by atoms with E-state index >= 15 is 0 Å². The zero-order valence-electron chi connectivity index (χ0n) is 16.9. The number of hydrogen-bond acceptors (Lipinski definition) is 5. The molecule has 7 nitrogen and oxygen atoms in total. The van der Waals surface area contributed by atoms with Crippen LogP contribution < -0.4 is 4.74 Å². The van der Waals surface area contributed by atoms with Crippen molar-refractivity contribution >= 4 is 28.8 Å². The van der Waals surface area contributed by atoms with Gasteiger partial charge in [0.25, 0.3) is 5.91 Å². The van der Waals surface area contributed by atoms with E-state index in [1.54, 1.807) is 41.3 Å². The van der Waals surface area contributed by atoms with Crippen LogP contribution in [0.4, 0.5) is 5.69 Å². The molecule has 4 rings (SSSR count). The largest absolute Gasteiger partial charge is 0.508 e. The zero-order chi connectivity index (χ0) is 22.7. The Labute approximate surface area is 189 Å². The summed E-state index contributed by atoms with van der Waals surface area (Å²) in [4.78, 5) is 25.3. The lowest BCUT2D eigenvalue weighted by atomic mass is 9.99. The number of carbonyl (C=O) groups excluding carboxylic acids is 1. The molecule has 0 atom stereocenters. The molecule has 1 amide bonds. The number of carbonyl (C=O) groups is 1. The van der Waals surface area contributed by atoms with Crippen molar-refractivity contribution < 1.29 is 19.6 Å². The van der Waals surface area contributed by atoms with Crippen LogP contribution in [0.25, 0.3) is 5.57 Å². The highest BCUT2D eigenvalue weighted by molar-refractivity contribution is 6.30. The fourth-order valence-corrected chi connectivity index (χ4v) is 3.65. The van der Waals surface area contributed by atoms with Gasteiger partial charge in [-0.05, 0) is 66.1 Å². The number of ether oxygens (including phenoxy) is 1. The summed E-state index contributed by atoms with van der Waals surface area (Å²) in [5.41, 5.74) is 2.45. The van der Waals surface area contributed by atoms with Crippen LogP contribution in [-0.2, 0) is 0 Å². The Balaban J connectivity index is 1.43. The second-order valence-corrected chi connectivity index (χ2v) is 7.71. The molecule has 1 heterocycles. The predicted molar refractivity (Wildman–Crippen MR) is 121 cm³/mol. The van der Waals surface area contributed by atoms with E-state index in [1.165, 1.54) is 18.2 Å². The standard InChI is InChI=1S/C24H19ClN2O5/c25-19-5-10-23(22(15-19)27(30)31)32-21-8-3-18(4-9-21)24(29)26-13-11-17(12-14-26)16-1-6-20(28)7-2-16/h1-11,15,28H,12-14H2. The molecule has 8 heteroatoms. The Morgan fingerprint density at radius 3 is 2.41 bits per heavy atom. The average Bonchev–Trinajstić information content (AvgIpc) is 2.81. The van der Waals surface area contributed by atoms with Crippen LogP contribution in [0.5, 0.6) is 17.2 Å². The first kappa shape index (κ1) is 21.4. The number of hydrogen-bond donors (Lipinski definition) is 1. The number of nitrogens with zero attached hydrogens (tertiary/aromatic N) is 2. The molecule has 0 fully saturated rings. The van der Waals surface area contributed by atoms with Crippen molar-refractivity contribution in [1.82, 2.24) is 4.90 Å². The third-order valence-electron chi connectivity index (χ3n) is 5.18. The summed E-state index contributed by atoms with van der Waals surface area (Å²) in [6, 6.07) is 17.7. The molecule has 0 spiro atoms. The fraction of sp³-hybridized carbons (Fsp3) is 0.125. The fourth-order valence-electron chi connectivity index (χ4n) is 3.49. The van der Waals surface area contributed by atoms with Gasteiger partial charge in [0.1, 0.15) is 11.5 Å². The van der Waals surface area contributed by atoms with Gasteiger partial charge in [0.05, 0.1) is 4.92 Å². The SMILES string of the molecule is O=C(c1ccc(Oc2ccc(Cl)cc2[N+](=O)[O-])cc1)N1CC=C(c2ccc(O)cc2)CC1. The summed E-state index contributed by atoms with van der Waals surface area (Å²) in [7, 11) is 0. The first-order valence-electron chi connectivity index (χ1n) is 9.90. The maximum absolute atomic E-state index is 12.9. The first-order chi connectivity index (χ1) is 15.4. The number of phenols is 1. The number of nitro groups is 1. The van der Waals surface area contributed by atoms with Gasteiger partial charge in [0, 0.05) is 29.7 Å². The maximum atomic E-state index is 12.9. The molecule has 0 radical (unpaired) electrons. The molecular weight excluding hydrogens is 432 g/mol. The van der Waals surface area contributed by atoms with E-state index < -0.39 is 4.92 Å². The lowest BCUT2D eigenvalue weighted by Gasteiger charge is -2.27. The van der Waals surface area contributed by atoms with Gasteiger partial charge in [-0.15, -0.1) is 0 Å². The molecule has 3 aromatic rings. The van der Waals surface area contributed by atoms with Crippen LogP contribution in [0, 0.1) is 10.1 Å². The van der Waals surface area contributed by atoms with Gasteiger partial charge < -0.3 is 14.7 Å². The van der Waals surface area contributed by atoms with Gasteiger partial charge >= 0.3 is 5.69 Å². The van der Waals surface area contributed by atoms with Crippen molar-refractivity contribution in [3.05, 3.63) is 99.1 Å². The summed E-state index contributed by atoms with van der Waals surface area (Å²) in [5.74, 6) is 0.566. The lowest BCUT2D eigenvalue weighted by molar-refractivity contribution is -0.385. The topological polar surface area (TPSA) is 92.9 Å². The second kappa shape index (κ2) is 9.11. The summed E-state index contributed by atoms with van der Waals surface area (Å²) in [6.45, 7) is 1.07.